The summed E-state index contributed by atoms with van der Waals surface area (Å²) in [7, 11) is 0. The van der Waals surface area contributed by atoms with E-state index < -0.39 is 11.8 Å². The SMILES string of the molecule is CCC(=NNC(=O)C(N)=O)c1cccc(Cl)c1. The van der Waals surface area contributed by atoms with Crippen LogP contribution in [0.15, 0.2) is 29.4 Å². The van der Waals surface area contributed by atoms with E-state index >= 15 is 0 Å². The third-order valence-corrected chi connectivity index (χ3v) is 2.24. The molecule has 0 unspecified atom stereocenters. The van der Waals surface area contributed by atoms with Crippen molar-refractivity contribution in [1.82, 2.24) is 5.43 Å². The van der Waals surface area contributed by atoms with E-state index in [9.17, 15) is 9.59 Å². The van der Waals surface area contributed by atoms with Gasteiger partial charge in [0.05, 0.1) is 5.71 Å². The molecule has 0 radical (unpaired) electrons. The summed E-state index contributed by atoms with van der Waals surface area (Å²) in [5.41, 5.74) is 8.26. The van der Waals surface area contributed by atoms with E-state index in [1.165, 1.54) is 0 Å². The first-order valence-corrected chi connectivity index (χ1v) is 5.34. The van der Waals surface area contributed by atoms with Gasteiger partial charge < -0.3 is 5.73 Å². The molecule has 90 valence electrons. The minimum absolute atomic E-state index is 0.574. The fourth-order valence-electron chi connectivity index (χ4n) is 1.19. The molecule has 2 amide bonds. The van der Waals surface area contributed by atoms with Crippen LogP contribution in [-0.2, 0) is 9.59 Å². The minimum atomic E-state index is -1.07. The molecule has 0 aliphatic carbocycles. The Morgan fingerprint density at radius 1 is 1.47 bits per heavy atom. The standard InChI is InChI=1S/C11H12ClN3O2/c1-2-9(14-15-11(17)10(13)16)7-4-3-5-8(12)6-7/h3-6H,2H2,1H3,(H2,13,16)(H,15,17). The predicted octanol–water partition coefficient (Wildman–Crippen LogP) is 1.06. The Bertz CT molecular complexity index is 472. The molecule has 0 atom stereocenters. The van der Waals surface area contributed by atoms with Crippen LogP contribution in [0.5, 0.6) is 0 Å². The van der Waals surface area contributed by atoms with Gasteiger partial charge >= 0.3 is 11.8 Å². The third-order valence-electron chi connectivity index (χ3n) is 2.01. The molecule has 17 heavy (non-hydrogen) atoms. The van der Waals surface area contributed by atoms with Crippen molar-refractivity contribution in [3.8, 4) is 0 Å². The van der Waals surface area contributed by atoms with Crippen LogP contribution in [0, 0.1) is 0 Å². The highest BCUT2D eigenvalue weighted by atomic mass is 35.5. The predicted molar refractivity (Wildman–Crippen MR) is 65.6 cm³/mol. The minimum Gasteiger partial charge on any atom is -0.361 e. The Balaban J connectivity index is 2.88. The first kappa shape index (κ1) is 13.2. The van der Waals surface area contributed by atoms with Crippen molar-refractivity contribution in [3.63, 3.8) is 0 Å². The lowest BCUT2D eigenvalue weighted by molar-refractivity contribution is -0.137. The molecule has 3 N–H and O–H groups in total. The zero-order chi connectivity index (χ0) is 12.8. The van der Waals surface area contributed by atoms with Crippen molar-refractivity contribution in [2.75, 3.05) is 0 Å². The second-order valence-corrected chi connectivity index (χ2v) is 3.66. The van der Waals surface area contributed by atoms with E-state index in [2.05, 4.69) is 10.5 Å². The first-order valence-electron chi connectivity index (χ1n) is 4.97. The normalized spacial score (nSPS) is 11.1. The Morgan fingerprint density at radius 3 is 2.71 bits per heavy atom. The van der Waals surface area contributed by atoms with Gasteiger partial charge in [-0.3, -0.25) is 9.59 Å². The molecular formula is C11H12ClN3O2. The number of benzene rings is 1. The highest BCUT2D eigenvalue weighted by Crippen LogP contribution is 2.12. The number of nitrogens with two attached hydrogens (primary N) is 1. The number of rotatable bonds is 3. The van der Waals surface area contributed by atoms with Gasteiger partial charge in [0.25, 0.3) is 0 Å². The second kappa shape index (κ2) is 6.00. The lowest BCUT2D eigenvalue weighted by Gasteiger charge is -2.04. The zero-order valence-corrected chi connectivity index (χ0v) is 9.99. The van der Waals surface area contributed by atoms with E-state index in [4.69, 9.17) is 17.3 Å². The van der Waals surface area contributed by atoms with Gasteiger partial charge in [0.1, 0.15) is 0 Å². The smallest absolute Gasteiger partial charge is 0.329 e. The molecule has 1 aromatic carbocycles. The number of primary amides is 1. The Kier molecular flexibility index (Phi) is 4.66. The summed E-state index contributed by atoms with van der Waals surface area (Å²) >= 11 is 5.84. The van der Waals surface area contributed by atoms with Gasteiger partial charge in [-0.2, -0.15) is 5.10 Å². The Morgan fingerprint density at radius 2 is 2.18 bits per heavy atom. The van der Waals surface area contributed by atoms with Crippen molar-refractivity contribution in [1.29, 1.82) is 0 Å². The van der Waals surface area contributed by atoms with Crippen LogP contribution < -0.4 is 11.2 Å². The van der Waals surface area contributed by atoms with Gasteiger partial charge in [-0.25, -0.2) is 5.43 Å². The summed E-state index contributed by atoms with van der Waals surface area (Å²) in [6.07, 6.45) is 0.583. The number of nitrogens with zero attached hydrogens (tertiary/aromatic N) is 1. The van der Waals surface area contributed by atoms with E-state index in [1.807, 2.05) is 13.0 Å². The van der Waals surface area contributed by atoms with Gasteiger partial charge in [-0.15, -0.1) is 0 Å². The van der Waals surface area contributed by atoms with Gasteiger partial charge in [0, 0.05) is 5.02 Å². The number of hydrazone groups is 1. The van der Waals surface area contributed by atoms with Gasteiger partial charge in [0.15, 0.2) is 0 Å². The number of hydrogen-bond donors (Lipinski definition) is 2. The maximum atomic E-state index is 10.9. The van der Waals surface area contributed by atoms with Crippen LogP contribution in [0.3, 0.4) is 0 Å². The van der Waals surface area contributed by atoms with E-state index in [0.29, 0.717) is 17.2 Å². The molecule has 1 rings (SSSR count). The average molecular weight is 254 g/mol. The van der Waals surface area contributed by atoms with Crippen LogP contribution in [0.4, 0.5) is 0 Å². The number of carbonyl (C=O) groups excluding carboxylic acids is 2. The van der Waals surface area contributed by atoms with Crippen LogP contribution in [0.25, 0.3) is 0 Å². The molecule has 0 heterocycles. The molecule has 0 bridgehead atoms. The highest BCUT2D eigenvalue weighted by molar-refractivity contribution is 6.34. The Labute approximate surface area is 104 Å². The average Bonchev–Trinajstić information content (AvgIpc) is 2.29. The molecule has 0 aromatic heterocycles. The second-order valence-electron chi connectivity index (χ2n) is 3.23. The lowest BCUT2D eigenvalue weighted by Crippen LogP contribution is -2.33. The summed E-state index contributed by atoms with van der Waals surface area (Å²) in [5.74, 6) is -2.02. The van der Waals surface area contributed by atoms with Crippen LogP contribution in [-0.4, -0.2) is 17.5 Å². The summed E-state index contributed by atoms with van der Waals surface area (Å²) < 4.78 is 0. The fraction of sp³-hybridized carbons (Fsp3) is 0.182. The maximum Gasteiger partial charge on any atom is 0.329 e. The summed E-state index contributed by atoms with van der Waals surface area (Å²) in [4.78, 5) is 21.5. The fourth-order valence-corrected chi connectivity index (χ4v) is 1.38. The van der Waals surface area contributed by atoms with Gasteiger partial charge in [0.2, 0.25) is 0 Å². The van der Waals surface area contributed by atoms with E-state index in [0.717, 1.165) is 5.56 Å². The topological polar surface area (TPSA) is 84.6 Å². The number of halogens is 1. The van der Waals surface area contributed by atoms with Crippen molar-refractivity contribution in [2.45, 2.75) is 13.3 Å². The number of hydrogen-bond acceptors (Lipinski definition) is 3. The molecule has 1 aromatic rings. The van der Waals surface area contributed by atoms with Crippen LogP contribution in [0.2, 0.25) is 5.02 Å². The molecule has 0 aliphatic rings. The van der Waals surface area contributed by atoms with Gasteiger partial charge in [-0.1, -0.05) is 30.7 Å². The lowest BCUT2D eigenvalue weighted by atomic mass is 10.1. The molecule has 0 saturated heterocycles. The largest absolute Gasteiger partial charge is 0.361 e. The Hall–Kier alpha value is -1.88. The molecule has 0 spiro atoms. The summed E-state index contributed by atoms with van der Waals surface area (Å²) in [6, 6.07) is 7.05. The van der Waals surface area contributed by atoms with Gasteiger partial charge in [-0.05, 0) is 24.1 Å². The quantitative estimate of drug-likeness (QED) is 0.479. The molecule has 5 nitrogen and oxygen atoms in total. The van der Waals surface area contributed by atoms with Crippen molar-refractivity contribution in [3.05, 3.63) is 34.9 Å². The monoisotopic (exact) mass is 253 g/mol. The van der Waals surface area contributed by atoms with Crippen molar-refractivity contribution < 1.29 is 9.59 Å². The number of nitrogens with one attached hydrogen (secondary N) is 1. The number of amides is 2. The molecule has 0 saturated carbocycles. The number of carbonyl (C=O) groups is 2. The molecule has 0 fully saturated rings. The highest BCUT2D eigenvalue weighted by Gasteiger charge is 2.08. The summed E-state index contributed by atoms with van der Waals surface area (Å²) in [5, 5.41) is 4.41. The van der Waals surface area contributed by atoms with Crippen LogP contribution >= 0.6 is 11.6 Å². The van der Waals surface area contributed by atoms with Crippen molar-refractivity contribution >= 4 is 29.1 Å². The maximum absolute atomic E-state index is 10.9. The zero-order valence-electron chi connectivity index (χ0n) is 9.24. The van der Waals surface area contributed by atoms with E-state index in [-0.39, 0.29) is 0 Å². The molecule has 6 heteroatoms. The first-order chi connectivity index (χ1) is 8.04. The summed E-state index contributed by atoms with van der Waals surface area (Å²) in [6.45, 7) is 1.87. The third kappa shape index (κ3) is 3.88. The van der Waals surface area contributed by atoms with Crippen LogP contribution in [0.1, 0.15) is 18.9 Å². The van der Waals surface area contributed by atoms with E-state index in [1.54, 1.807) is 18.2 Å². The van der Waals surface area contributed by atoms with Crippen molar-refractivity contribution in [2.24, 2.45) is 10.8 Å². The molecule has 0 aliphatic heterocycles. The molecular weight excluding hydrogens is 242 g/mol.